The molecule has 1 fully saturated rings. The summed E-state index contributed by atoms with van der Waals surface area (Å²) in [7, 11) is 1.63. The summed E-state index contributed by atoms with van der Waals surface area (Å²) in [5.74, 6) is 0.616. The normalized spacial score (nSPS) is 19.2. The molecule has 3 aromatic rings. The van der Waals surface area contributed by atoms with Crippen molar-refractivity contribution in [3.8, 4) is 11.5 Å². The van der Waals surface area contributed by atoms with E-state index in [9.17, 15) is 9.59 Å². The van der Waals surface area contributed by atoms with E-state index in [0.717, 1.165) is 20.8 Å². The number of fused-ring (bicyclic) bond motifs is 2. The van der Waals surface area contributed by atoms with Gasteiger partial charge in [-0.05, 0) is 47.5 Å². The highest BCUT2D eigenvalue weighted by Gasteiger charge is 2.56. The van der Waals surface area contributed by atoms with E-state index >= 15 is 0 Å². The molecule has 1 spiro atoms. The van der Waals surface area contributed by atoms with Gasteiger partial charge >= 0.3 is 0 Å². The van der Waals surface area contributed by atoms with Gasteiger partial charge in [-0.15, -0.1) is 0 Å². The maximum atomic E-state index is 14.3. The largest absolute Gasteiger partial charge is 0.496 e. The van der Waals surface area contributed by atoms with Gasteiger partial charge in [0, 0.05) is 16.0 Å². The zero-order chi connectivity index (χ0) is 25.4. The van der Waals surface area contributed by atoms with Crippen molar-refractivity contribution in [3.63, 3.8) is 0 Å². The zero-order valence-corrected chi connectivity index (χ0v) is 22.1. The van der Waals surface area contributed by atoms with Gasteiger partial charge in [0.25, 0.3) is 5.91 Å². The number of anilines is 1. The second-order valence-electron chi connectivity index (χ2n) is 9.41. The van der Waals surface area contributed by atoms with Gasteiger partial charge in [-0.2, -0.15) is 0 Å². The summed E-state index contributed by atoms with van der Waals surface area (Å²) in [6.07, 6.45) is 0.670. The van der Waals surface area contributed by atoms with Gasteiger partial charge in [-0.1, -0.05) is 54.0 Å². The molecule has 2 heterocycles. The highest BCUT2D eigenvalue weighted by atomic mass is 79.9. The SMILES string of the molecule is CC[C@@H](C)C(=O)N[C@H]1C(=O)N(Cc2c(OC)ccc3cc(Br)ccc23)c2ccccc2OC12COC2. The van der Waals surface area contributed by atoms with Crippen molar-refractivity contribution >= 4 is 44.2 Å². The summed E-state index contributed by atoms with van der Waals surface area (Å²) in [6, 6.07) is 16.5. The van der Waals surface area contributed by atoms with Crippen LogP contribution in [-0.2, 0) is 20.9 Å². The number of halogens is 1. The highest BCUT2D eigenvalue weighted by molar-refractivity contribution is 9.10. The van der Waals surface area contributed by atoms with Crippen molar-refractivity contribution in [1.29, 1.82) is 0 Å². The number of amides is 2. The molecule has 8 heteroatoms. The number of benzene rings is 3. The summed E-state index contributed by atoms with van der Waals surface area (Å²) < 4.78 is 18.7. The van der Waals surface area contributed by atoms with Crippen LogP contribution < -0.4 is 19.7 Å². The first-order valence-corrected chi connectivity index (χ1v) is 12.9. The number of methoxy groups -OCH3 is 1. The van der Waals surface area contributed by atoms with E-state index in [0.29, 0.717) is 23.6 Å². The van der Waals surface area contributed by atoms with Crippen molar-refractivity contribution in [3.05, 3.63) is 64.6 Å². The Kier molecular flexibility index (Phi) is 6.66. The van der Waals surface area contributed by atoms with E-state index in [2.05, 4.69) is 21.2 Å². The molecule has 2 amide bonds. The molecule has 0 saturated carbocycles. The number of para-hydroxylation sites is 2. The number of carbonyl (C=O) groups excluding carboxylic acids is 2. The number of hydrogen-bond acceptors (Lipinski definition) is 5. The van der Waals surface area contributed by atoms with Crippen LogP contribution in [0.5, 0.6) is 11.5 Å². The number of hydrogen-bond donors (Lipinski definition) is 1. The van der Waals surface area contributed by atoms with Crippen LogP contribution in [0.1, 0.15) is 25.8 Å². The average molecular weight is 553 g/mol. The fraction of sp³-hybridized carbons (Fsp3) is 0.357. The molecule has 36 heavy (non-hydrogen) atoms. The second-order valence-corrected chi connectivity index (χ2v) is 10.3. The van der Waals surface area contributed by atoms with Crippen molar-refractivity contribution in [2.24, 2.45) is 5.92 Å². The second kappa shape index (κ2) is 9.75. The molecule has 5 rings (SSSR count). The van der Waals surface area contributed by atoms with Gasteiger partial charge in [0.1, 0.15) is 11.5 Å². The van der Waals surface area contributed by atoms with Crippen molar-refractivity contribution in [2.45, 2.75) is 38.5 Å². The number of ether oxygens (including phenoxy) is 3. The third-order valence-electron chi connectivity index (χ3n) is 7.13. The lowest BCUT2D eigenvalue weighted by Gasteiger charge is -2.45. The Balaban J connectivity index is 1.62. The fourth-order valence-corrected chi connectivity index (χ4v) is 5.14. The Hall–Kier alpha value is -3.10. The minimum absolute atomic E-state index is 0.177. The topological polar surface area (TPSA) is 77.1 Å². The lowest BCUT2D eigenvalue weighted by atomic mass is 9.89. The molecule has 2 aliphatic rings. The van der Waals surface area contributed by atoms with Crippen LogP contribution >= 0.6 is 15.9 Å². The van der Waals surface area contributed by atoms with Gasteiger partial charge in [-0.3, -0.25) is 9.59 Å². The van der Waals surface area contributed by atoms with Crippen LogP contribution in [0.2, 0.25) is 0 Å². The fourth-order valence-electron chi connectivity index (χ4n) is 4.76. The maximum absolute atomic E-state index is 14.3. The molecule has 0 unspecified atom stereocenters. The zero-order valence-electron chi connectivity index (χ0n) is 20.5. The highest BCUT2D eigenvalue weighted by Crippen LogP contribution is 2.42. The van der Waals surface area contributed by atoms with Gasteiger partial charge in [0.05, 0.1) is 32.6 Å². The number of nitrogens with one attached hydrogen (secondary N) is 1. The summed E-state index contributed by atoms with van der Waals surface area (Å²) in [4.78, 5) is 29.0. The molecule has 0 bridgehead atoms. The smallest absolute Gasteiger partial charge is 0.254 e. The summed E-state index contributed by atoms with van der Waals surface area (Å²) >= 11 is 3.54. The van der Waals surface area contributed by atoms with E-state index in [1.54, 1.807) is 12.0 Å². The third kappa shape index (κ3) is 4.22. The number of rotatable bonds is 6. The predicted octanol–water partition coefficient (Wildman–Crippen LogP) is 4.84. The van der Waals surface area contributed by atoms with Crippen LogP contribution in [0.4, 0.5) is 5.69 Å². The van der Waals surface area contributed by atoms with E-state index in [4.69, 9.17) is 14.2 Å². The molecule has 2 aliphatic heterocycles. The molecule has 0 aliphatic carbocycles. The van der Waals surface area contributed by atoms with Crippen LogP contribution in [0, 0.1) is 5.92 Å². The predicted molar refractivity (Wildman–Crippen MR) is 141 cm³/mol. The van der Waals surface area contributed by atoms with Gasteiger partial charge in [0.2, 0.25) is 5.91 Å². The van der Waals surface area contributed by atoms with Crippen LogP contribution in [-0.4, -0.2) is 43.8 Å². The molecule has 188 valence electrons. The Morgan fingerprint density at radius 2 is 2.00 bits per heavy atom. The Bertz CT molecular complexity index is 1320. The molecule has 2 atom stereocenters. The van der Waals surface area contributed by atoms with E-state index in [-0.39, 0.29) is 37.5 Å². The monoisotopic (exact) mass is 552 g/mol. The van der Waals surface area contributed by atoms with Crippen molar-refractivity contribution in [2.75, 3.05) is 25.2 Å². The van der Waals surface area contributed by atoms with Gasteiger partial charge < -0.3 is 24.4 Å². The van der Waals surface area contributed by atoms with E-state index in [1.807, 2.05) is 68.4 Å². The quantitative estimate of drug-likeness (QED) is 0.473. The third-order valence-corrected chi connectivity index (χ3v) is 7.63. The first kappa shape index (κ1) is 24.6. The Labute approximate surface area is 218 Å². The summed E-state index contributed by atoms with van der Waals surface area (Å²) in [5, 5.41) is 5.01. The van der Waals surface area contributed by atoms with Crippen molar-refractivity contribution < 1.29 is 23.8 Å². The number of carbonyl (C=O) groups is 2. The lowest BCUT2D eigenvalue weighted by Crippen LogP contribution is -2.71. The molecule has 3 aromatic carbocycles. The first-order valence-electron chi connectivity index (χ1n) is 12.1. The number of nitrogens with zero attached hydrogens (tertiary/aromatic N) is 1. The van der Waals surface area contributed by atoms with E-state index in [1.165, 1.54) is 0 Å². The standard InChI is InChI=1S/C28H29BrN2O5/c1-4-17(2)26(32)30-25-27(33)31(22-7-5-6-8-24(22)36-28(25)15-35-16-28)14-21-20-11-10-19(29)13-18(20)9-12-23(21)34-3/h5-13,17,25H,4,14-16H2,1-3H3,(H,30,32)/t17-,25+/m1/s1. The molecule has 1 saturated heterocycles. The Morgan fingerprint density at radius 3 is 2.69 bits per heavy atom. The Morgan fingerprint density at radius 1 is 1.22 bits per heavy atom. The van der Waals surface area contributed by atoms with E-state index < -0.39 is 11.6 Å². The first-order chi connectivity index (χ1) is 17.4. The molecule has 0 radical (unpaired) electrons. The van der Waals surface area contributed by atoms with Crippen LogP contribution in [0.15, 0.2) is 59.1 Å². The molecule has 0 aromatic heterocycles. The molecule has 7 nitrogen and oxygen atoms in total. The van der Waals surface area contributed by atoms with Gasteiger partial charge in [-0.25, -0.2) is 0 Å². The summed E-state index contributed by atoms with van der Waals surface area (Å²) in [6.45, 7) is 4.49. The molecular weight excluding hydrogens is 524 g/mol. The van der Waals surface area contributed by atoms with Crippen LogP contribution in [0.25, 0.3) is 10.8 Å². The lowest BCUT2D eigenvalue weighted by molar-refractivity contribution is -0.182. The summed E-state index contributed by atoms with van der Waals surface area (Å²) in [5.41, 5.74) is 0.558. The molecular formula is C28H29BrN2O5. The van der Waals surface area contributed by atoms with Gasteiger partial charge in [0.15, 0.2) is 11.6 Å². The minimum atomic E-state index is -0.960. The maximum Gasteiger partial charge on any atom is 0.254 e. The van der Waals surface area contributed by atoms with Crippen molar-refractivity contribution in [1.82, 2.24) is 5.32 Å². The minimum Gasteiger partial charge on any atom is -0.496 e. The average Bonchev–Trinajstić information content (AvgIpc) is 2.96. The van der Waals surface area contributed by atoms with Crippen LogP contribution in [0.3, 0.4) is 0 Å². The molecule has 1 N–H and O–H groups in total.